The van der Waals surface area contributed by atoms with Crippen LogP contribution in [0.2, 0.25) is 0 Å². The molecule has 96 valence electrons. The van der Waals surface area contributed by atoms with Crippen LogP contribution in [-0.4, -0.2) is 26.0 Å². The van der Waals surface area contributed by atoms with Gasteiger partial charge in [-0.15, -0.1) is 0 Å². The number of nitrogens with one attached hydrogen (secondary N) is 1. The van der Waals surface area contributed by atoms with E-state index < -0.39 is 9.84 Å². The molecule has 0 saturated carbocycles. The van der Waals surface area contributed by atoms with Gasteiger partial charge in [-0.25, -0.2) is 8.42 Å². The fourth-order valence-corrected chi connectivity index (χ4v) is 3.53. The molecular weight excluding hydrogens is 250 g/mol. The number of nitriles is 1. The van der Waals surface area contributed by atoms with Crippen molar-refractivity contribution in [1.82, 2.24) is 0 Å². The third-order valence-corrected chi connectivity index (χ3v) is 4.79. The van der Waals surface area contributed by atoms with E-state index in [1.54, 1.807) is 18.2 Å². The lowest BCUT2D eigenvalue weighted by atomic mass is 10.1. The molecule has 2 rings (SSSR count). The Morgan fingerprint density at radius 2 is 2.00 bits per heavy atom. The van der Waals surface area contributed by atoms with Gasteiger partial charge in [-0.3, -0.25) is 0 Å². The zero-order valence-electron chi connectivity index (χ0n) is 9.89. The van der Waals surface area contributed by atoms with E-state index in [-0.39, 0.29) is 17.5 Å². The molecule has 0 aliphatic carbocycles. The number of nitrogens with zero attached hydrogens (tertiary/aromatic N) is 1. The highest BCUT2D eigenvalue weighted by molar-refractivity contribution is 7.91. The average molecular weight is 265 g/mol. The number of hydrogen-bond acceptors (Lipinski definition) is 5. The van der Waals surface area contributed by atoms with Crippen molar-refractivity contribution >= 4 is 21.2 Å². The van der Waals surface area contributed by atoms with Crippen LogP contribution in [0, 0.1) is 11.3 Å². The molecule has 1 aliphatic rings. The smallest absolute Gasteiger partial charge is 0.150 e. The predicted molar refractivity (Wildman–Crippen MR) is 70.9 cm³/mol. The number of nitrogen functional groups attached to an aromatic ring is 1. The number of benzene rings is 1. The normalized spacial score (nSPS) is 19.1. The first kappa shape index (κ1) is 12.7. The van der Waals surface area contributed by atoms with Crippen LogP contribution in [0.4, 0.5) is 11.4 Å². The molecule has 0 spiro atoms. The molecule has 0 unspecified atom stereocenters. The Hall–Kier alpha value is -1.74. The van der Waals surface area contributed by atoms with E-state index in [1.807, 2.05) is 0 Å². The van der Waals surface area contributed by atoms with Crippen molar-refractivity contribution in [3.63, 3.8) is 0 Å². The summed E-state index contributed by atoms with van der Waals surface area (Å²) in [5.41, 5.74) is 7.37. The first-order chi connectivity index (χ1) is 8.50. The second-order valence-electron chi connectivity index (χ2n) is 4.49. The summed E-state index contributed by atoms with van der Waals surface area (Å²) in [6.45, 7) is 0. The summed E-state index contributed by atoms with van der Waals surface area (Å²) >= 11 is 0. The molecule has 18 heavy (non-hydrogen) atoms. The van der Waals surface area contributed by atoms with E-state index in [1.165, 1.54) is 0 Å². The topological polar surface area (TPSA) is 96.0 Å². The highest BCUT2D eigenvalue weighted by Gasteiger charge is 2.23. The Balaban J connectivity index is 2.09. The van der Waals surface area contributed by atoms with Gasteiger partial charge in [0.2, 0.25) is 0 Å². The molecule has 1 aliphatic heterocycles. The second kappa shape index (κ2) is 4.86. The molecule has 5 nitrogen and oxygen atoms in total. The number of nitrogens with two attached hydrogens (primary N) is 1. The molecule has 1 heterocycles. The maximum atomic E-state index is 11.3. The second-order valence-corrected chi connectivity index (χ2v) is 6.79. The highest BCUT2D eigenvalue weighted by atomic mass is 32.2. The van der Waals surface area contributed by atoms with Gasteiger partial charge in [-0.05, 0) is 31.0 Å². The zero-order chi connectivity index (χ0) is 13.2. The van der Waals surface area contributed by atoms with Gasteiger partial charge in [0.1, 0.15) is 15.9 Å². The van der Waals surface area contributed by atoms with E-state index in [2.05, 4.69) is 11.4 Å². The standard InChI is InChI=1S/C12H15N3O2S/c13-8-9-7-10(14)1-2-12(9)15-11-3-5-18(16,17)6-4-11/h1-2,7,11,15H,3-6,14H2. The maximum Gasteiger partial charge on any atom is 0.150 e. The first-order valence-electron chi connectivity index (χ1n) is 5.77. The lowest BCUT2D eigenvalue weighted by molar-refractivity contribution is 0.559. The molecule has 1 fully saturated rings. The van der Waals surface area contributed by atoms with Gasteiger partial charge in [-0.2, -0.15) is 5.26 Å². The fourth-order valence-electron chi connectivity index (χ4n) is 2.03. The van der Waals surface area contributed by atoms with Gasteiger partial charge >= 0.3 is 0 Å². The Morgan fingerprint density at radius 3 is 2.61 bits per heavy atom. The summed E-state index contributed by atoms with van der Waals surface area (Å²) < 4.78 is 22.6. The van der Waals surface area contributed by atoms with Crippen LogP contribution in [-0.2, 0) is 9.84 Å². The summed E-state index contributed by atoms with van der Waals surface area (Å²) in [5, 5.41) is 12.2. The van der Waals surface area contributed by atoms with Crippen LogP contribution in [0.15, 0.2) is 18.2 Å². The monoisotopic (exact) mass is 265 g/mol. The van der Waals surface area contributed by atoms with Crippen LogP contribution in [0.5, 0.6) is 0 Å². The molecule has 1 aromatic carbocycles. The molecular formula is C12H15N3O2S. The van der Waals surface area contributed by atoms with Gasteiger partial charge in [0.05, 0.1) is 22.8 Å². The molecule has 0 amide bonds. The van der Waals surface area contributed by atoms with E-state index in [0.717, 1.165) is 5.69 Å². The maximum absolute atomic E-state index is 11.3. The molecule has 0 radical (unpaired) electrons. The number of rotatable bonds is 2. The van der Waals surface area contributed by atoms with E-state index in [9.17, 15) is 8.42 Å². The van der Waals surface area contributed by atoms with Crippen LogP contribution in [0.3, 0.4) is 0 Å². The minimum atomic E-state index is -2.86. The van der Waals surface area contributed by atoms with Crippen molar-refractivity contribution in [2.75, 3.05) is 22.6 Å². The van der Waals surface area contributed by atoms with Crippen molar-refractivity contribution in [3.8, 4) is 6.07 Å². The Bertz CT molecular complexity index is 576. The highest BCUT2D eigenvalue weighted by Crippen LogP contribution is 2.22. The summed E-state index contributed by atoms with van der Waals surface area (Å²) in [5.74, 6) is 0.420. The minimum absolute atomic E-state index is 0.101. The third kappa shape index (κ3) is 2.93. The molecule has 0 bridgehead atoms. The Morgan fingerprint density at radius 1 is 1.33 bits per heavy atom. The van der Waals surface area contributed by atoms with Gasteiger partial charge in [0.15, 0.2) is 0 Å². The van der Waals surface area contributed by atoms with Crippen LogP contribution < -0.4 is 11.1 Å². The van der Waals surface area contributed by atoms with Gasteiger partial charge in [-0.1, -0.05) is 0 Å². The van der Waals surface area contributed by atoms with Crippen molar-refractivity contribution < 1.29 is 8.42 Å². The first-order valence-corrected chi connectivity index (χ1v) is 7.59. The minimum Gasteiger partial charge on any atom is -0.399 e. The molecule has 6 heteroatoms. The molecule has 1 saturated heterocycles. The molecule has 0 aromatic heterocycles. The third-order valence-electron chi connectivity index (χ3n) is 3.08. The fraction of sp³-hybridized carbons (Fsp3) is 0.417. The van der Waals surface area contributed by atoms with Gasteiger partial charge in [0, 0.05) is 11.7 Å². The van der Waals surface area contributed by atoms with Crippen LogP contribution >= 0.6 is 0 Å². The molecule has 1 aromatic rings. The average Bonchev–Trinajstić information content (AvgIpc) is 2.34. The largest absolute Gasteiger partial charge is 0.399 e. The van der Waals surface area contributed by atoms with Crippen molar-refractivity contribution in [2.24, 2.45) is 0 Å². The van der Waals surface area contributed by atoms with Gasteiger partial charge < -0.3 is 11.1 Å². The lowest BCUT2D eigenvalue weighted by Crippen LogP contribution is -2.32. The number of anilines is 2. The SMILES string of the molecule is N#Cc1cc(N)ccc1NC1CCS(=O)(=O)CC1. The molecule has 0 atom stereocenters. The van der Waals surface area contributed by atoms with Gasteiger partial charge in [0.25, 0.3) is 0 Å². The predicted octanol–water partition coefficient (Wildman–Crippen LogP) is 1.13. The molecule has 3 N–H and O–H groups in total. The summed E-state index contributed by atoms with van der Waals surface area (Å²) in [7, 11) is -2.86. The van der Waals surface area contributed by atoms with E-state index in [4.69, 9.17) is 11.0 Å². The number of hydrogen-bond donors (Lipinski definition) is 2. The van der Waals surface area contributed by atoms with Crippen LogP contribution in [0.1, 0.15) is 18.4 Å². The quantitative estimate of drug-likeness (QED) is 0.781. The van der Waals surface area contributed by atoms with Crippen molar-refractivity contribution in [1.29, 1.82) is 5.26 Å². The lowest BCUT2D eigenvalue weighted by Gasteiger charge is -2.24. The number of sulfone groups is 1. The Kier molecular flexibility index (Phi) is 3.43. The zero-order valence-corrected chi connectivity index (χ0v) is 10.7. The summed E-state index contributed by atoms with van der Waals surface area (Å²) in [6, 6.07) is 7.28. The van der Waals surface area contributed by atoms with E-state index in [0.29, 0.717) is 24.1 Å². The summed E-state index contributed by atoms with van der Waals surface area (Å²) in [6.07, 6.45) is 1.16. The Labute approximate surface area is 107 Å². The van der Waals surface area contributed by atoms with E-state index >= 15 is 0 Å². The summed E-state index contributed by atoms with van der Waals surface area (Å²) in [4.78, 5) is 0. The van der Waals surface area contributed by atoms with Crippen LogP contribution in [0.25, 0.3) is 0 Å². The van der Waals surface area contributed by atoms with Crippen molar-refractivity contribution in [2.45, 2.75) is 18.9 Å². The van der Waals surface area contributed by atoms with Crippen molar-refractivity contribution in [3.05, 3.63) is 23.8 Å².